The SMILES string of the molecule is CC/C=C\C/C=C\C/C=C\C/C=C\CCCCCCCCCCCCCCCCCCCCCCCCCCC(=O)OC(COC(=O)CCCCC/C=C\C/C=C\C/C=C\CC)COC(OCC[N+](C)(C)C)C(=O)O. The van der Waals surface area contributed by atoms with E-state index >= 15 is 0 Å². The summed E-state index contributed by atoms with van der Waals surface area (Å²) in [6, 6.07) is 0. The highest BCUT2D eigenvalue weighted by molar-refractivity contribution is 5.71. The van der Waals surface area contributed by atoms with Crippen molar-refractivity contribution in [3.63, 3.8) is 0 Å². The molecule has 0 fully saturated rings. The number of likely N-dealkylation sites (N-methyl/N-ethyl adjacent to an activating group) is 1. The van der Waals surface area contributed by atoms with Gasteiger partial charge >= 0.3 is 17.9 Å². The van der Waals surface area contributed by atoms with Gasteiger partial charge in [0, 0.05) is 12.8 Å². The molecule has 0 spiro atoms. The molecule has 0 aliphatic rings. The van der Waals surface area contributed by atoms with Crippen molar-refractivity contribution in [2.45, 2.75) is 270 Å². The zero-order chi connectivity index (χ0) is 54.8. The van der Waals surface area contributed by atoms with Gasteiger partial charge in [0.15, 0.2) is 6.10 Å². The van der Waals surface area contributed by atoms with Gasteiger partial charge in [-0.2, -0.15) is 0 Å². The number of allylic oxidation sites excluding steroid dienone is 14. The van der Waals surface area contributed by atoms with Crippen molar-refractivity contribution < 1.29 is 42.9 Å². The largest absolute Gasteiger partial charge is 0.477 e. The molecule has 0 saturated carbocycles. The fourth-order valence-corrected chi connectivity index (χ4v) is 8.49. The fourth-order valence-electron chi connectivity index (χ4n) is 8.49. The molecule has 0 bridgehead atoms. The van der Waals surface area contributed by atoms with E-state index in [1.165, 1.54) is 141 Å². The Hall–Kier alpha value is -3.53. The summed E-state index contributed by atoms with van der Waals surface area (Å²) in [7, 11) is 5.96. The van der Waals surface area contributed by atoms with Gasteiger partial charge in [0.05, 0.1) is 34.4 Å². The molecule has 0 aromatic rings. The number of carbonyl (C=O) groups excluding carboxylic acids is 2. The van der Waals surface area contributed by atoms with Crippen molar-refractivity contribution in [3.05, 3.63) is 85.1 Å². The van der Waals surface area contributed by atoms with Crippen LogP contribution in [0.2, 0.25) is 0 Å². The molecule has 0 aromatic heterocycles. The Labute approximate surface area is 461 Å². The van der Waals surface area contributed by atoms with E-state index in [9.17, 15) is 19.5 Å². The average molecular weight is 1050 g/mol. The molecule has 0 aromatic carbocycles. The lowest BCUT2D eigenvalue weighted by atomic mass is 10.0. The average Bonchev–Trinajstić information content (AvgIpc) is 3.38. The number of hydrogen-bond acceptors (Lipinski definition) is 7. The van der Waals surface area contributed by atoms with E-state index in [4.69, 9.17) is 18.9 Å². The molecule has 0 heterocycles. The number of carbonyl (C=O) groups is 3. The molecule has 9 heteroatoms. The molecule has 0 amide bonds. The first-order chi connectivity index (χ1) is 36.6. The molecule has 0 radical (unpaired) electrons. The summed E-state index contributed by atoms with van der Waals surface area (Å²) in [5.41, 5.74) is 0. The van der Waals surface area contributed by atoms with E-state index in [1.54, 1.807) is 0 Å². The Morgan fingerprint density at radius 3 is 1.08 bits per heavy atom. The molecule has 0 aliphatic carbocycles. The maximum Gasteiger partial charge on any atom is 0.361 e. The number of nitrogens with zero attached hydrogens (tertiary/aromatic N) is 1. The zero-order valence-electron chi connectivity index (χ0n) is 49.2. The second-order valence-corrected chi connectivity index (χ2v) is 21.6. The van der Waals surface area contributed by atoms with Crippen LogP contribution in [0.1, 0.15) is 258 Å². The van der Waals surface area contributed by atoms with E-state index in [0.717, 1.165) is 83.5 Å². The maximum absolute atomic E-state index is 12.9. The third kappa shape index (κ3) is 58.0. The van der Waals surface area contributed by atoms with Crippen LogP contribution in [0.3, 0.4) is 0 Å². The first-order valence-corrected chi connectivity index (χ1v) is 30.8. The summed E-state index contributed by atoms with van der Waals surface area (Å²) in [5, 5.41) is 9.69. The van der Waals surface area contributed by atoms with Crippen molar-refractivity contribution in [2.24, 2.45) is 0 Å². The third-order valence-corrected chi connectivity index (χ3v) is 13.1. The van der Waals surface area contributed by atoms with Crippen LogP contribution in [-0.4, -0.2) is 87.4 Å². The van der Waals surface area contributed by atoms with Crippen molar-refractivity contribution >= 4 is 17.9 Å². The molecule has 75 heavy (non-hydrogen) atoms. The number of quaternary nitrogens is 1. The highest BCUT2D eigenvalue weighted by Crippen LogP contribution is 2.17. The summed E-state index contributed by atoms with van der Waals surface area (Å²) < 4.78 is 22.8. The minimum absolute atomic E-state index is 0.181. The van der Waals surface area contributed by atoms with Gasteiger partial charge in [-0.1, -0.05) is 247 Å². The van der Waals surface area contributed by atoms with E-state index in [-0.39, 0.29) is 38.6 Å². The highest BCUT2D eigenvalue weighted by Gasteiger charge is 2.25. The normalized spacial score (nSPS) is 13.3. The van der Waals surface area contributed by atoms with E-state index in [0.29, 0.717) is 17.4 Å². The van der Waals surface area contributed by atoms with Crippen molar-refractivity contribution in [2.75, 3.05) is 47.5 Å². The molecule has 1 N–H and O–H groups in total. The Morgan fingerprint density at radius 2 is 0.720 bits per heavy atom. The van der Waals surface area contributed by atoms with E-state index in [2.05, 4.69) is 98.9 Å². The van der Waals surface area contributed by atoms with Gasteiger partial charge in [0.2, 0.25) is 0 Å². The predicted molar refractivity (Wildman–Crippen MR) is 318 cm³/mol. The van der Waals surface area contributed by atoms with Crippen LogP contribution in [-0.2, 0) is 33.3 Å². The van der Waals surface area contributed by atoms with Gasteiger partial charge in [-0.15, -0.1) is 0 Å². The van der Waals surface area contributed by atoms with Crippen LogP contribution >= 0.6 is 0 Å². The number of ether oxygens (including phenoxy) is 4. The Balaban J connectivity index is 4.00. The fraction of sp³-hybridized carbons (Fsp3) is 0.742. The van der Waals surface area contributed by atoms with Gasteiger partial charge in [-0.25, -0.2) is 4.79 Å². The molecule has 2 atom stereocenters. The van der Waals surface area contributed by atoms with Gasteiger partial charge < -0.3 is 28.5 Å². The highest BCUT2D eigenvalue weighted by atomic mass is 16.7. The lowest BCUT2D eigenvalue weighted by Crippen LogP contribution is -2.40. The number of carboxylic acid groups (broad SMARTS) is 1. The Kier molecular flexibility index (Phi) is 54.0. The first kappa shape index (κ1) is 71.5. The number of carboxylic acids is 1. The molecule has 0 aliphatic heterocycles. The van der Waals surface area contributed by atoms with Crippen LogP contribution in [0.25, 0.3) is 0 Å². The summed E-state index contributed by atoms with van der Waals surface area (Å²) in [5.74, 6) is -2.04. The number of unbranched alkanes of at least 4 members (excludes halogenated alkanes) is 27. The molecule has 2 unspecified atom stereocenters. The topological polar surface area (TPSA) is 108 Å². The lowest BCUT2D eigenvalue weighted by molar-refractivity contribution is -0.870. The van der Waals surface area contributed by atoms with Crippen LogP contribution in [0.4, 0.5) is 0 Å². The Morgan fingerprint density at radius 1 is 0.400 bits per heavy atom. The van der Waals surface area contributed by atoms with Gasteiger partial charge in [-0.3, -0.25) is 9.59 Å². The number of rotatable bonds is 56. The summed E-state index contributed by atoms with van der Waals surface area (Å²) in [6.45, 7) is 4.62. The first-order valence-electron chi connectivity index (χ1n) is 30.8. The van der Waals surface area contributed by atoms with Gasteiger partial charge in [0.25, 0.3) is 6.29 Å². The number of esters is 2. The number of aliphatic carboxylic acids is 1. The van der Waals surface area contributed by atoms with Crippen molar-refractivity contribution in [1.29, 1.82) is 0 Å². The second-order valence-electron chi connectivity index (χ2n) is 21.6. The van der Waals surface area contributed by atoms with Crippen LogP contribution in [0, 0.1) is 0 Å². The van der Waals surface area contributed by atoms with Crippen molar-refractivity contribution in [3.8, 4) is 0 Å². The van der Waals surface area contributed by atoms with Gasteiger partial charge in [0.1, 0.15) is 13.2 Å². The second kappa shape index (κ2) is 56.7. The molecule has 9 nitrogen and oxygen atoms in total. The van der Waals surface area contributed by atoms with Gasteiger partial charge in [-0.05, 0) is 83.5 Å². The summed E-state index contributed by atoms with van der Waals surface area (Å²) >= 11 is 0. The molecular weight excluding hydrogens is 935 g/mol. The molecule has 432 valence electrons. The summed E-state index contributed by atoms with van der Waals surface area (Å²) in [4.78, 5) is 37.3. The van der Waals surface area contributed by atoms with Crippen molar-refractivity contribution in [1.82, 2.24) is 0 Å². The van der Waals surface area contributed by atoms with Crippen LogP contribution in [0.15, 0.2) is 85.1 Å². The summed E-state index contributed by atoms with van der Waals surface area (Å²) in [6.07, 6.45) is 72.8. The smallest absolute Gasteiger partial charge is 0.361 e. The number of hydrogen-bond donors (Lipinski definition) is 1. The third-order valence-electron chi connectivity index (χ3n) is 13.1. The Bertz CT molecular complexity index is 1500. The maximum atomic E-state index is 12.9. The molecule has 0 saturated heterocycles. The quantitative estimate of drug-likeness (QED) is 0.0211. The monoisotopic (exact) mass is 1050 g/mol. The minimum atomic E-state index is -1.52. The lowest BCUT2D eigenvalue weighted by Gasteiger charge is -2.25. The predicted octanol–water partition coefficient (Wildman–Crippen LogP) is 18.3. The minimum Gasteiger partial charge on any atom is -0.477 e. The standard InChI is InChI=1S/C66H115NO8/c1-6-8-10-12-14-16-18-20-21-22-23-24-25-26-27-28-29-30-31-32-33-34-35-36-37-38-39-40-41-42-43-45-47-49-51-53-55-57-64(69)75-62(61-74-66(65(70)71)72-59-58-67(3,4)5)60-73-63(68)56-54-52-50-48-46-44-19-17-15-13-11-9-7-2/h8-11,14-17,20-21,23-24,44,46,62,66H,6-7,12-13,18-19,22,25-43,45,47-61H2,1-5H3/p+1/b10-8-,11-9-,16-14-,17-15-,21-20-,24-23-,46-44-. The van der Waals surface area contributed by atoms with Crippen LogP contribution in [0.5, 0.6) is 0 Å². The van der Waals surface area contributed by atoms with E-state index < -0.39 is 24.3 Å². The zero-order valence-corrected chi connectivity index (χ0v) is 49.2. The molecule has 0 rings (SSSR count). The molecular formula is C66H116NO8+. The van der Waals surface area contributed by atoms with E-state index in [1.807, 2.05) is 21.1 Å². The van der Waals surface area contributed by atoms with Crippen LogP contribution < -0.4 is 0 Å².